The van der Waals surface area contributed by atoms with Crippen molar-refractivity contribution < 1.29 is 12.9 Å². The minimum Gasteiger partial charge on any atom is -0.387 e. The zero-order valence-corrected chi connectivity index (χ0v) is 13.5. The van der Waals surface area contributed by atoms with Crippen LogP contribution in [0, 0.1) is 0 Å². The van der Waals surface area contributed by atoms with Crippen LogP contribution in [0.3, 0.4) is 0 Å². The second-order valence-electron chi connectivity index (χ2n) is 4.49. The van der Waals surface area contributed by atoms with Crippen molar-refractivity contribution in [2.75, 3.05) is 18.1 Å². The number of nitrogens with two attached hydrogens (primary N) is 1. The Labute approximate surface area is 133 Å². The van der Waals surface area contributed by atoms with E-state index in [1.807, 2.05) is 0 Å². The normalized spacial score (nSPS) is 12.5. The fraction of sp³-hybridized carbons (Fsp3) is 0.286. The molecule has 2 N–H and O–H groups in total. The van der Waals surface area contributed by atoms with Gasteiger partial charge in [-0.25, -0.2) is 8.42 Å². The highest BCUT2D eigenvalue weighted by Gasteiger charge is 2.15. The fourth-order valence-electron chi connectivity index (χ4n) is 1.69. The molecule has 8 heteroatoms. The van der Waals surface area contributed by atoms with Crippen LogP contribution in [0.15, 0.2) is 57.1 Å². The first kappa shape index (κ1) is 16.6. The quantitative estimate of drug-likeness (QED) is 0.447. The van der Waals surface area contributed by atoms with E-state index in [0.29, 0.717) is 6.54 Å². The summed E-state index contributed by atoms with van der Waals surface area (Å²) in [5.74, 6) is 1.34. The van der Waals surface area contributed by atoms with E-state index < -0.39 is 9.84 Å². The van der Waals surface area contributed by atoms with Crippen LogP contribution < -0.4 is 5.73 Å². The van der Waals surface area contributed by atoms with Gasteiger partial charge in [0.1, 0.15) is 17.9 Å². The molecule has 0 aliphatic heterocycles. The largest absolute Gasteiger partial charge is 0.387 e. The van der Waals surface area contributed by atoms with Crippen LogP contribution in [-0.2, 0) is 15.6 Å². The summed E-state index contributed by atoms with van der Waals surface area (Å²) < 4.78 is 28.9. The number of thioether (sulfide) groups is 1. The van der Waals surface area contributed by atoms with Gasteiger partial charge in [0.05, 0.1) is 17.1 Å². The molecule has 0 spiro atoms. The van der Waals surface area contributed by atoms with E-state index in [0.717, 1.165) is 17.2 Å². The van der Waals surface area contributed by atoms with E-state index in [-0.39, 0.29) is 16.5 Å². The Morgan fingerprint density at radius 2 is 2.05 bits per heavy atom. The van der Waals surface area contributed by atoms with Crippen LogP contribution in [0.25, 0.3) is 0 Å². The third-order valence-corrected chi connectivity index (χ3v) is 5.37. The Balaban J connectivity index is 1.77. The zero-order chi connectivity index (χ0) is 15.8. The molecule has 0 amide bonds. The van der Waals surface area contributed by atoms with Crippen molar-refractivity contribution in [1.29, 1.82) is 0 Å². The number of sulfone groups is 1. The second-order valence-corrected chi connectivity index (χ2v) is 7.58. The van der Waals surface area contributed by atoms with Gasteiger partial charge in [0, 0.05) is 17.6 Å². The second kappa shape index (κ2) is 8.00. The van der Waals surface area contributed by atoms with E-state index in [2.05, 4.69) is 10.1 Å². The fourth-order valence-corrected chi connectivity index (χ4v) is 3.64. The SMILES string of the molecule is NC(CS(=O)(=O)c1ccccc1)=NCCSCc1ccon1. The molecule has 0 atom stereocenters. The molecule has 1 aromatic carbocycles. The van der Waals surface area contributed by atoms with Gasteiger partial charge in [-0.1, -0.05) is 23.4 Å². The molecule has 2 rings (SSSR count). The minimum absolute atomic E-state index is 0.130. The van der Waals surface area contributed by atoms with Gasteiger partial charge >= 0.3 is 0 Å². The van der Waals surface area contributed by atoms with Gasteiger partial charge in [0.2, 0.25) is 0 Å². The molecule has 0 bridgehead atoms. The predicted octanol–water partition coefficient (Wildman–Crippen LogP) is 1.74. The first-order valence-electron chi connectivity index (χ1n) is 6.61. The lowest BCUT2D eigenvalue weighted by atomic mass is 10.4. The monoisotopic (exact) mass is 339 g/mol. The first-order valence-corrected chi connectivity index (χ1v) is 9.42. The van der Waals surface area contributed by atoms with Gasteiger partial charge in [-0.3, -0.25) is 4.99 Å². The Hall–Kier alpha value is -1.80. The Morgan fingerprint density at radius 3 is 2.73 bits per heavy atom. The molecular formula is C14H17N3O3S2. The maximum absolute atomic E-state index is 12.1. The summed E-state index contributed by atoms with van der Waals surface area (Å²) in [7, 11) is -3.42. The van der Waals surface area contributed by atoms with Gasteiger partial charge in [0.15, 0.2) is 9.84 Å². The summed E-state index contributed by atoms with van der Waals surface area (Å²) in [5.41, 5.74) is 6.58. The zero-order valence-electron chi connectivity index (χ0n) is 11.9. The number of aromatic nitrogens is 1. The van der Waals surface area contributed by atoms with Crippen molar-refractivity contribution in [3.63, 3.8) is 0 Å². The van der Waals surface area contributed by atoms with E-state index in [9.17, 15) is 8.42 Å². The van der Waals surface area contributed by atoms with Crippen molar-refractivity contribution in [2.45, 2.75) is 10.6 Å². The number of nitrogens with zero attached hydrogens (tertiary/aromatic N) is 2. The molecule has 2 aromatic rings. The molecule has 6 nitrogen and oxygen atoms in total. The van der Waals surface area contributed by atoms with Gasteiger partial charge in [0.25, 0.3) is 0 Å². The summed E-state index contributed by atoms with van der Waals surface area (Å²) in [6, 6.07) is 10.0. The number of amidine groups is 1. The molecule has 1 heterocycles. The van der Waals surface area contributed by atoms with Gasteiger partial charge < -0.3 is 10.3 Å². The molecule has 0 radical (unpaired) electrons. The number of hydrogen-bond acceptors (Lipinski definition) is 6. The average molecular weight is 339 g/mol. The van der Waals surface area contributed by atoms with Crippen molar-refractivity contribution in [3.05, 3.63) is 48.4 Å². The van der Waals surface area contributed by atoms with E-state index in [1.54, 1.807) is 48.2 Å². The summed E-state index contributed by atoms with van der Waals surface area (Å²) in [5, 5.41) is 3.80. The standard InChI is InChI=1S/C14H17N3O3S2/c15-14(11-22(18,19)13-4-2-1-3-5-13)16-7-9-21-10-12-6-8-20-17-12/h1-6,8H,7,9-11H2,(H2,15,16). The third kappa shape index (κ3) is 5.19. The molecule has 118 valence electrons. The Morgan fingerprint density at radius 1 is 1.27 bits per heavy atom. The molecule has 0 unspecified atom stereocenters. The van der Waals surface area contributed by atoms with Crippen LogP contribution in [0.1, 0.15) is 5.69 Å². The highest BCUT2D eigenvalue weighted by molar-refractivity contribution is 7.98. The average Bonchev–Trinajstić information content (AvgIpc) is 3.00. The van der Waals surface area contributed by atoms with Crippen LogP contribution in [0.4, 0.5) is 0 Å². The van der Waals surface area contributed by atoms with Crippen LogP contribution in [-0.4, -0.2) is 37.5 Å². The summed E-state index contributed by atoms with van der Waals surface area (Å²) in [4.78, 5) is 4.36. The van der Waals surface area contributed by atoms with Gasteiger partial charge in [-0.05, 0) is 12.1 Å². The van der Waals surface area contributed by atoms with Crippen molar-refractivity contribution in [1.82, 2.24) is 5.16 Å². The molecule has 0 saturated carbocycles. The molecule has 0 aliphatic carbocycles. The lowest BCUT2D eigenvalue weighted by Gasteiger charge is -2.04. The summed E-state index contributed by atoms with van der Waals surface area (Å²) >= 11 is 1.63. The molecular weight excluding hydrogens is 322 g/mol. The summed E-state index contributed by atoms with van der Waals surface area (Å²) in [6.07, 6.45) is 1.53. The minimum atomic E-state index is -3.42. The maximum Gasteiger partial charge on any atom is 0.185 e. The highest BCUT2D eigenvalue weighted by atomic mass is 32.2. The molecule has 0 fully saturated rings. The molecule has 0 aliphatic rings. The van der Waals surface area contributed by atoms with E-state index in [4.69, 9.17) is 10.3 Å². The number of aliphatic imine (C=N–C) groups is 1. The van der Waals surface area contributed by atoms with Gasteiger partial charge in [-0.2, -0.15) is 11.8 Å². The molecule has 1 aromatic heterocycles. The lowest BCUT2D eigenvalue weighted by molar-refractivity contribution is 0.414. The lowest BCUT2D eigenvalue weighted by Crippen LogP contribution is -2.24. The molecule has 0 saturated heterocycles. The Kier molecular flexibility index (Phi) is 6.02. The van der Waals surface area contributed by atoms with Crippen molar-refractivity contribution >= 4 is 27.4 Å². The topological polar surface area (TPSA) is 98.6 Å². The number of hydrogen-bond donors (Lipinski definition) is 1. The third-order valence-electron chi connectivity index (χ3n) is 2.73. The van der Waals surface area contributed by atoms with E-state index >= 15 is 0 Å². The summed E-state index contributed by atoms with van der Waals surface area (Å²) in [6.45, 7) is 0.471. The van der Waals surface area contributed by atoms with E-state index in [1.165, 1.54) is 6.26 Å². The van der Waals surface area contributed by atoms with Crippen molar-refractivity contribution in [3.8, 4) is 0 Å². The smallest absolute Gasteiger partial charge is 0.185 e. The first-order chi connectivity index (χ1) is 10.6. The number of benzene rings is 1. The van der Waals surface area contributed by atoms with Crippen LogP contribution >= 0.6 is 11.8 Å². The number of rotatable bonds is 8. The van der Waals surface area contributed by atoms with Gasteiger partial charge in [-0.15, -0.1) is 0 Å². The predicted molar refractivity (Wildman–Crippen MR) is 87.6 cm³/mol. The van der Waals surface area contributed by atoms with Crippen LogP contribution in [0.5, 0.6) is 0 Å². The van der Waals surface area contributed by atoms with Crippen LogP contribution in [0.2, 0.25) is 0 Å². The molecule has 22 heavy (non-hydrogen) atoms. The van der Waals surface area contributed by atoms with Crippen molar-refractivity contribution in [2.24, 2.45) is 10.7 Å². The maximum atomic E-state index is 12.1. The Bertz CT molecular complexity index is 698. The highest BCUT2D eigenvalue weighted by Crippen LogP contribution is 2.11.